The molecule has 0 radical (unpaired) electrons. The summed E-state index contributed by atoms with van der Waals surface area (Å²) < 4.78 is 10.6. The lowest BCUT2D eigenvalue weighted by Gasteiger charge is -2.28. The van der Waals surface area contributed by atoms with Crippen LogP contribution in [-0.2, 0) is 19.1 Å². The van der Waals surface area contributed by atoms with Gasteiger partial charge in [-0.25, -0.2) is 9.59 Å². The molecule has 0 aromatic rings. The molecule has 2 aliphatic carbocycles. The van der Waals surface area contributed by atoms with Crippen molar-refractivity contribution in [2.75, 3.05) is 13.1 Å². The van der Waals surface area contributed by atoms with Crippen molar-refractivity contribution in [3.8, 4) is 0 Å². The van der Waals surface area contributed by atoms with Crippen molar-refractivity contribution in [3.63, 3.8) is 0 Å². The highest BCUT2D eigenvalue weighted by atomic mass is 16.7. The summed E-state index contributed by atoms with van der Waals surface area (Å²) in [6, 6.07) is 0. The van der Waals surface area contributed by atoms with Gasteiger partial charge in [-0.05, 0) is 51.4 Å². The largest absolute Gasteiger partial charge is 0.566 e. The summed E-state index contributed by atoms with van der Waals surface area (Å²) in [6.45, 7) is -0.935. The van der Waals surface area contributed by atoms with Gasteiger partial charge in [0, 0.05) is 23.7 Å². The number of azo groups is 1. The van der Waals surface area contributed by atoms with E-state index in [9.17, 15) is 40.2 Å². The van der Waals surface area contributed by atoms with E-state index < -0.39 is 67.9 Å². The van der Waals surface area contributed by atoms with Crippen molar-refractivity contribution in [1.29, 1.82) is 0 Å². The first kappa shape index (κ1) is 27.2. The summed E-state index contributed by atoms with van der Waals surface area (Å²) in [5.74, 6) is -2.62. The number of nitrogens with zero attached hydrogens (tertiary/aromatic N) is 4. The number of nitro groups is 2. The summed E-state index contributed by atoms with van der Waals surface area (Å²) in [5.41, 5.74) is -5.32. The van der Waals surface area contributed by atoms with E-state index in [1.807, 2.05) is 0 Å². The van der Waals surface area contributed by atoms with Gasteiger partial charge >= 0.3 is 23.0 Å². The van der Waals surface area contributed by atoms with Gasteiger partial charge < -0.3 is 19.9 Å². The zero-order valence-corrected chi connectivity index (χ0v) is 19.5. The van der Waals surface area contributed by atoms with E-state index in [0.29, 0.717) is 25.7 Å². The molecule has 2 rings (SSSR count). The van der Waals surface area contributed by atoms with Crippen molar-refractivity contribution < 1.29 is 38.6 Å². The van der Waals surface area contributed by atoms with Gasteiger partial charge in [0.05, 0.1) is 9.72 Å². The molecule has 2 unspecified atom stereocenters. The van der Waals surface area contributed by atoms with Crippen LogP contribution in [0.3, 0.4) is 0 Å². The first-order chi connectivity index (χ1) is 15.9. The van der Waals surface area contributed by atoms with E-state index in [0.717, 1.165) is 52.4 Å². The molecule has 0 aliphatic heterocycles. The first-order valence-corrected chi connectivity index (χ1v) is 11.5. The number of carbonyl (C=O) groups excluding carboxylic acids is 2. The van der Waals surface area contributed by atoms with Crippen molar-refractivity contribution in [2.24, 2.45) is 0 Å². The van der Waals surface area contributed by atoms with Crippen LogP contribution in [0.2, 0.25) is 0 Å². The van der Waals surface area contributed by atoms with Crippen LogP contribution in [0.5, 0.6) is 0 Å². The molecule has 192 valence electrons. The molecule has 0 aromatic heterocycles. The van der Waals surface area contributed by atoms with Gasteiger partial charge in [-0.3, -0.25) is 20.2 Å². The van der Waals surface area contributed by atoms with Gasteiger partial charge in [-0.2, -0.15) is 0 Å². The molecule has 0 aromatic carbocycles. The third kappa shape index (κ3) is 6.50. The minimum atomic E-state index is -2.66. The van der Waals surface area contributed by atoms with Gasteiger partial charge in [0.15, 0.2) is 0 Å². The van der Waals surface area contributed by atoms with Crippen LogP contribution in [-0.4, -0.2) is 67.9 Å². The maximum absolute atomic E-state index is 13.1. The molecular formula is C20H32N4O10. The average Bonchev–Trinajstić information content (AvgIpc) is 2.78. The monoisotopic (exact) mass is 488 g/mol. The van der Waals surface area contributed by atoms with E-state index in [-0.39, 0.29) is 0 Å². The second kappa shape index (κ2) is 11.4. The fourth-order valence-electron chi connectivity index (χ4n) is 4.23. The van der Waals surface area contributed by atoms with Gasteiger partial charge in [0.2, 0.25) is 0 Å². The van der Waals surface area contributed by atoms with Crippen LogP contribution in [0.25, 0.3) is 0 Å². The molecule has 0 saturated heterocycles. The fourth-order valence-corrected chi connectivity index (χ4v) is 4.23. The second-order valence-electron chi connectivity index (χ2n) is 9.41. The molecule has 0 N–H and O–H groups in total. The molecule has 2 atom stereocenters. The van der Waals surface area contributed by atoms with Crippen LogP contribution in [0.1, 0.15) is 78.1 Å². The van der Waals surface area contributed by atoms with E-state index in [1.54, 1.807) is 0 Å². The third-order valence-corrected chi connectivity index (χ3v) is 6.41. The quantitative estimate of drug-likeness (QED) is 0.145. The Balaban J connectivity index is 2.41. The smallest absolute Gasteiger partial charge is 0.394 e. The number of carbonyl (C=O) groups is 2. The lowest BCUT2D eigenvalue weighted by molar-refractivity contribution is -1.02. The number of ether oxygens (including phenoxy) is 2. The van der Waals surface area contributed by atoms with E-state index in [1.165, 1.54) is 0 Å². The van der Waals surface area contributed by atoms with Gasteiger partial charge in [-0.1, -0.05) is 12.8 Å². The number of hydrogen-bond acceptors (Lipinski definition) is 10. The summed E-state index contributed by atoms with van der Waals surface area (Å²) >= 11 is 0. The van der Waals surface area contributed by atoms with Gasteiger partial charge in [-0.15, -0.1) is 0 Å². The SMILES string of the molecule is CC(C[N+](=O)[O-])(C(=O)OC1CCCCC1)/[N+]([O-])=[N+](\[O-])C(C)(C[N+](=O)[O-])C(=O)OC1CCCCC1. The Morgan fingerprint density at radius 1 is 0.676 bits per heavy atom. The lowest BCUT2D eigenvalue weighted by atomic mass is 9.97. The molecule has 2 aliphatic rings. The first-order valence-electron chi connectivity index (χ1n) is 11.5. The van der Waals surface area contributed by atoms with Crippen molar-refractivity contribution in [3.05, 3.63) is 30.6 Å². The second-order valence-corrected chi connectivity index (χ2v) is 9.41. The number of hydrogen-bond donors (Lipinski definition) is 0. The maximum atomic E-state index is 13.1. The Hall–Kier alpha value is -3.06. The standard InChI is InChI=1S/C20H32N4O10/c1-19(13-21(27)28,17(25)33-15-9-5-3-6-10-15)23(31)24(32)20(2,14-22(29)30)18(26)34-16-11-7-4-8-12-16/h15-16H,3-14H2,1-2H3/b24-23+. The Kier molecular flexibility index (Phi) is 9.10. The molecule has 34 heavy (non-hydrogen) atoms. The highest BCUT2D eigenvalue weighted by Crippen LogP contribution is 2.26. The van der Waals surface area contributed by atoms with Crippen molar-refractivity contribution in [2.45, 2.75) is 101 Å². The Morgan fingerprint density at radius 2 is 0.971 bits per heavy atom. The molecule has 0 bridgehead atoms. The van der Waals surface area contributed by atoms with Crippen LogP contribution in [0, 0.1) is 30.6 Å². The Bertz CT molecular complexity index is 756. The normalized spacial score (nSPS) is 21.9. The molecule has 2 saturated carbocycles. The van der Waals surface area contributed by atoms with Crippen LogP contribution >= 0.6 is 0 Å². The van der Waals surface area contributed by atoms with Gasteiger partial charge in [0.25, 0.3) is 13.1 Å². The highest BCUT2D eigenvalue weighted by Gasteiger charge is 2.62. The third-order valence-electron chi connectivity index (χ3n) is 6.41. The van der Waals surface area contributed by atoms with E-state index in [2.05, 4.69) is 0 Å². The minimum Gasteiger partial charge on any atom is -0.566 e. The Labute approximate surface area is 196 Å². The molecule has 2 fully saturated rings. The van der Waals surface area contributed by atoms with Crippen molar-refractivity contribution in [1.82, 2.24) is 0 Å². The lowest BCUT2D eigenvalue weighted by Crippen LogP contribution is -2.60. The number of hydroxylamine groups is 2. The molecule has 14 nitrogen and oxygen atoms in total. The highest BCUT2D eigenvalue weighted by molar-refractivity contribution is 5.79. The van der Waals surface area contributed by atoms with Crippen LogP contribution in [0.15, 0.2) is 0 Å². The Morgan fingerprint density at radius 3 is 1.24 bits per heavy atom. The topological polar surface area (TPSA) is 191 Å². The fraction of sp³-hybridized carbons (Fsp3) is 0.900. The maximum Gasteiger partial charge on any atom is 0.394 e. The molecule has 0 amide bonds. The molecular weight excluding hydrogens is 456 g/mol. The number of esters is 2. The van der Waals surface area contributed by atoms with Crippen LogP contribution < -0.4 is 0 Å². The molecule has 0 heterocycles. The van der Waals surface area contributed by atoms with E-state index in [4.69, 9.17) is 9.47 Å². The van der Waals surface area contributed by atoms with Gasteiger partial charge in [0.1, 0.15) is 12.2 Å². The average molecular weight is 488 g/mol. The summed E-state index contributed by atoms with van der Waals surface area (Å²) in [7, 11) is 0. The summed E-state index contributed by atoms with van der Waals surface area (Å²) in [6.07, 6.45) is 5.84. The minimum absolute atomic E-state index is 0.507. The zero-order chi connectivity index (χ0) is 25.5. The van der Waals surface area contributed by atoms with E-state index >= 15 is 0 Å². The number of rotatable bonds is 10. The zero-order valence-electron chi connectivity index (χ0n) is 19.5. The summed E-state index contributed by atoms with van der Waals surface area (Å²) in [4.78, 5) is 45.2. The molecule has 14 heteroatoms. The van der Waals surface area contributed by atoms with Crippen molar-refractivity contribution >= 4 is 11.9 Å². The summed E-state index contributed by atoms with van der Waals surface area (Å²) in [5, 5.41) is 48.8. The predicted molar refractivity (Wildman–Crippen MR) is 114 cm³/mol. The van der Waals surface area contributed by atoms with Crippen LogP contribution in [0.4, 0.5) is 0 Å². The predicted octanol–water partition coefficient (Wildman–Crippen LogP) is 2.28. The molecule has 0 spiro atoms.